The van der Waals surface area contributed by atoms with Crippen LogP contribution in [-0.4, -0.2) is 31.4 Å². The van der Waals surface area contributed by atoms with E-state index in [1.54, 1.807) is 30.3 Å². The molecule has 0 aliphatic rings. The second-order valence-corrected chi connectivity index (χ2v) is 9.25. The van der Waals surface area contributed by atoms with Crippen molar-refractivity contribution < 1.29 is 23.1 Å². The highest BCUT2D eigenvalue weighted by Gasteiger charge is 2.29. The monoisotopic (exact) mass is 492 g/mol. The summed E-state index contributed by atoms with van der Waals surface area (Å²) in [6.07, 6.45) is 0.0567. The molecule has 0 spiro atoms. The summed E-state index contributed by atoms with van der Waals surface area (Å²) in [7, 11) is -4.25. The summed E-state index contributed by atoms with van der Waals surface area (Å²) in [5.41, 5.74) is 1.09. The summed E-state index contributed by atoms with van der Waals surface area (Å²) >= 11 is 12.1. The maximum absolute atomic E-state index is 13.0. The molecule has 0 aromatic heterocycles. The van der Waals surface area contributed by atoms with E-state index in [0.717, 1.165) is 5.56 Å². The lowest BCUT2D eigenvalue weighted by Gasteiger charge is -2.20. The first-order valence-electron chi connectivity index (χ1n) is 9.32. The number of halogens is 2. The van der Waals surface area contributed by atoms with Crippen LogP contribution in [0.15, 0.2) is 77.7 Å². The highest BCUT2D eigenvalue weighted by Crippen LogP contribution is 2.29. The van der Waals surface area contributed by atoms with E-state index in [1.165, 1.54) is 42.5 Å². The van der Waals surface area contributed by atoms with Crippen LogP contribution in [0.25, 0.3) is 0 Å². The number of carbonyl (C=O) groups is 2. The standard InChI is InChI=1S/C22H18Cl2N2O5S/c23-17-7-4-8-18(24)20(17)32(30,31)26-19(13-14-5-2-1-3-6-14)21(27)25-16-11-9-15(10-12-16)22(28)29/h1-12,19,26H,13H2,(H,25,27)(H,28,29). The van der Waals surface area contributed by atoms with Crippen LogP contribution in [0.5, 0.6) is 0 Å². The molecule has 1 amide bonds. The van der Waals surface area contributed by atoms with Crippen LogP contribution < -0.4 is 10.0 Å². The maximum Gasteiger partial charge on any atom is 0.335 e. The molecule has 3 N–H and O–H groups in total. The summed E-state index contributed by atoms with van der Waals surface area (Å²) in [5, 5.41) is 11.5. The Morgan fingerprint density at radius 1 is 0.875 bits per heavy atom. The zero-order valence-electron chi connectivity index (χ0n) is 16.5. The molecule has 166 valence electrons. The van der Waals surface area contributed by atoms with Gasteiger partial charge < -0.3 is 10.4 Å². The Bertz CT molecular complexity index is 1210. The molecule has 0 aliphatic heterocycles. The topological polar surface area (TPSA) is 113 Å². The van der Waals surface area contributed by atoms with E-state index in [1.807, 2.05) is 0 Å². The van der Waals surface area contributed by atoms with Gasteiger partial charge >= 0.3 is 5.97 Å². The fraction of sp³-hybridized carbons (Fsp3) is 0.0909. The molecule has 1 unspecified atom stereocenters. The van der Waals surface area contributed by atoms with Crippen molar-refractivity contribution in [3.05, 3.63) is 94.0 Å². The predicted molar refractivity (Wildman–Crippen MR) is 123 cm³/mol. The number of sulfonamides is 1. The highest BCUT2D eigenvalue weighted by atomic mass is 35.5. The number of carboxylic acids is 1. The van der Waals surface area contributed by atoms with Crippen LogP contribution in [0.4, 0.5) is 5.69 Å². The molecule has 3 aromatic carbocycles. The van der Waals surface area contributed by atoms with Gasteiger partial charge in [-0.25, -0.2) is 13.2 Å². The van der Waals surface area contributed by atoms with Crippen molar-refractivity contribution in [2.45, 2.75) is 17.4 Å². The molecule has 0 aliphatic carbocycles. The number of hydrogen-bond acceptors (Lipinski definition) is 4. The molecule has 7 nitrogen and oxygen atoms in total. The first-order chi connectivity index (χ1) is 15.2. The van der Waals surface area contributed by atoms with Crippen LogP contribution in [0.2, 0.25) is 10.0 Å². The summed E-state index contributed by atoms with van der Waals surface area (Å²) in [6.45, 7) is 0. The van der Waals surface area contributed by atoms with Crippen molar-refractivity contribution in [2.24, 2.45) is 0 Å². The minimum Gasteiger partial charge on any atom is -0.478 e. The number of anilines is 1. The molecule has 3 aromatic rings. The largest absolute Gasteiger partial charge is 0.478 e. The summed E-state index contributed by atoms with van der Waals surface area (Å²) in [4.78, 5) is 23.7. The smallest absolute Gasteiger partial charge is 0.335 e. The predicted octanol–water partition coefficient (Wildman–Crippen LogP) is 4.22. The molecule has 10 heteroatoms. The Kier molecular flexibility index (Phi) is 7.52. The fourth-order valence-corrected chi connectivity index (χ4v) is 5.29. The SMILES string of the molecule is O=C(O)c1ccc(NC(=O)C(Cc2ccccc2)NS(=O)(=O)c2c(Cl)cccc2Cl)cc1. The lowest BCUT2D eigenvalue weighted by Crippen LogP contribution is -2.45. The van der Waals surface area contributed by atoms with Crippen LogP contribution in [0.1, 0.15) is 15.9 Å². The number of carbonyl (C=O) groups excluding carboxylic acids is 1. The Balaban J connectivity index is 1.89. The molecule has 0 saturated carbocycles. The van der Waals surface area contributed by atoms with Crippen LogP contribution in [0, 0.1) is 0 Å². The number of hydrogen-bond donors (Lipinski definition) is 3. The van der Waals surface area contributed by atoms with Crippen molar-refractivity contribution in [1.29, 1.82) is 0 Å². The average molecular weight is 493 g/mol. The maximum atomic E-state index is 13.0. The minimum absolute atomic E-state index is 0.0536. The molecule has 0 saturated heterocycles. The number of benzene rings is 3. The van der Waals surface area contributed by atoms with Gasteiger partial charge in [-0.1, -0.05) is 59.6 Å². The Morgan fingerprint density at radius 3 is 2.03 bits per heavy atom. The molecule has 32 heavy (non-hydrogen) atoms. The quantitative estimate of drug-likeness (QED) is 0.435. The lowest BCUT2D eigenvalue weighted by molar-refractivity contribution is -0.117. The van der Waals surface area contributed by atoms with Gasteiger partial charge in [-0.3, -0.25) is 4.79 Å². The van der Waals surface area contributed by atoms with Gasteiger partial charge in [0.25, 0.3) is 0 Å². The van der Waals surface area contributed by atoms with E-state index < -0.39 is 27.9 Å². The zero-order valence-corrected chi connectivity index (χ0v) is 18.8. The van der Waals surface area contributed by atoms with Crippen LogP contribution in [0.3, 0.4) is 0 Å². The van der Waals surface area contributed by atoms with E-state index >= 15 is 0 Å². The Hall–Kier alpha value is -2.91. The van der Waals surface area contributed by atoms with E-state index in [0.29, 0.717) is 5.69 Å². The average Bonchev–Trinajstić information content (AvgIpc) is 2.74. The summed E-state index contributed by atoms with van der Waals surface area (Å²) < 4.78 is 28.4. The second kappa shape index (κ2) is 10.1. The third kappa shape index (κ3) is 5.86. The number of aromatic carboxylic acids is 1. The molecular formula is C22H18Cl2N2O5S. The van der Waals surface area contributed by atoms with Crippen molar-refractivity contribution >= 4 is 50.8 Å². The third-order valence-corrected chi connectivity index (χ3v) is 6.91. The molecular weight excluding hydrogens is 475 g/mol. The van der Waals surface area contributed by atoms with E-state index in [9.17, 15) is 18.0 Å². The Morgan fingerprint density at radius 2 is 1.47 bits per heavy atom. The van der Waals surface area contributed by atoms with E-state index in [2.05, 4.69) is 10.0 Å². The van der Waals surface area contributed by atoms with Crippen LogP contribution in [-0.2, 0) is 21.2 Å². The molecule has 3 rings (SSSR count). The number of nitrogens with one attached hydrogen (secondary N) is 2. The van der Waals surface area contributed by atoms with Gasteiger partial charge in [0, 0.05) is 5.69 Å². The minimum atomic E-state index is -4.25. The molecule has 0 radical (unpaired) electrons. The fourth-order valence-electron chi connectivity index (χ4n) is 2.95. The van der Waals surface area contributed by atoms with Gasteiger partial charge in [0.05, 0.1) is 15.6 Å². The highest BCUT2D eigenvalue weighted by molar-refractivity contribution is 7.89. The number of carboxylic acid groups (broad SMARTS) is 1. The first kappa shape index (κ1) is 23.7. The van der Waals surface area contributed by atoms with Gasteiger partial charge in [-0.15, -0.1) is 0 Å². The van der Waals surface area contributed by atoms with E-state index in [-0.39, 0.29) is 26.9 Å². The van der Waals surface area contributed by atoms with Gasteiger partial charge in [-0.2, -0.15) is 4.72 Å². The van der Waals surface area contributed by atoms with Crippen molar-refractivity contribution in [3.63, 3.8) is 0 Å². The third-order valence-electron chi connectivity index (χ3n) is 4.48. The van der Waals surface area contributed by atoms with E-state index in [4.69, 9.17) is 28.3 Å². The normalized spacial score (nSPS) is 12.2. The van der Waals surface area contributed by atoms with Crippen molar-refractivity contribution in [3.8, 4) is 0 Å². The van der Waals surface area contributed by atoms with Crippen LogP contribution >= 0.6 is 23.2 Å². The van der Waals surface area contributed by atoms with Gasteiger partial charge in [0.2, 0.25) is 15.9 Å². The lowest BCUT2D eigenvalue weighted by atomic mass is 10.1. The second-order valence-electron chi connectivity index (χ2n) is 6.79. The molecule has 0 fully saturated rings. The zero-order chi connectivity index (χ0) is 23.3. The van der Waals surface area contributed by atoms with Crippen molar-refractivity contribution in [1.82, 2.24) is 4.72 Å². The van der Waals surface area contributed by atoms with Gasteiger partial charge in [0.15, 0.2) is 0 Å². The number of amides is 1. The number of rotatable bonds is 8. The summed E-state index contributed by atoms with van der Waals surface area (Å²) in [6, 6.07) is 17.5. The van der Waals surface area contributed by atoms with Crippen molar-refractivity contribution in [2.75, 3.05) is 5.32 Å². The molecule has 0 bridgehead atoms. The summed E-state index contributed by atoms with van der Waals surface area (Å²) in [5.74, 6) is -1.74. The van der Waals surface area contributed by atoms with Gasteiger partial charge in [0.1, 0.15) is 10.9 Å². The Labute approximate surface area is 195 Å². The molecule has 0 heterocycles. The van der Waals surface area contributed by atoms with Gasteiger partial charge in [-0.05, 0) is 48.4 Å². The molecule has 1 atom stereocenters. The first-order valence-corrected chi connectivity index (χ1v) is 11.6.